The average molecular weight is 277 g/mol. The van der Waals surface area contributed by atoms with Crippen LogP contribution in [0.25, 0.3) is 0 Å². The zero-order chi connectivity index (χ0) is 14.4. The minimum absolute atomic E-state index is 0.0986. The summed E-state index contributed by atoms with van der Waals surface area (Å²) in [5.41, 5.74) is 2.52. The first kappa shape index (κ1) is 15.5. The van der Waals surface area contributed by atoms with Gasteiger partial charge in [0.1, 0.15) is 0 Å². The number of hydrogen-bond acceptors (Lipinski definition) is 3. The van der Waals surface area contributed by atoms with Crippen molar-refractivity contribution in [1.29, 1.82) is 0 Å². The Hall–Kier alpha value is -0.900. The molecule has 2 atom stereocenters. The third kappa shape index (κ3) is 4.89. The monoisotopic (exact) mass is 277 g/mol. The van der Waals surface area contributed by atoms with Gasteiger partial charge in [0.05, 0.1) is 18.8 Å². The Balaban J connectivity index is 1.95. The maximum absolute atomic E-state index is 6.13. The van der Waals surface area contributed by atoms with E-state index < -0.39 is 0 Å². The smallest absolute Gasteiger partial charge is 0.0950 e. The van der Waals surface area contributed by atoms with Gasteiger partial charge in [-0.3, -0.25) is 0 Å². The molecular weight excluding hydrogens is 250 g/mol. The van der Waals surface area contributed by atoms with E-state index in [1.54, 1.807) is 0 Å². The van der Waals surface area contributed by atoms with Gasteiger partial charge in [-0.2, -0.15) is 0 Å². The second-order valence-corrected chi connectivity index (χ2v) is 5.93. The van der Waals surface area contributed by atoms with Gasteiger partial charge in [0.15, 0.2) is 0 Å². The van der Waals surface area contributed by atoms with E-state index in [1.807, 2.05) is 0 Å². The third-order valence-corrected chi connectivity index (χ3v) is 3.63. The molecule has 20 heavy (non-hydrogen) atoms. The summed E-state index contributed by atoms with van der Waals surface area (Å²) in [6, 6.07) is 9.05. The maximum atomic E-state index is 6.13. The molecule has 3 nitrogen and oxygen atoms in total. The number of benzene rings is 1. The first-order chi connectivity index (χ1) is 9.65. The molecule has 1 aromatic carbocycles. The minimum atomic E-state index is 0.0986. The van der Waals surface area contributed by atoms with E-state index in [-0.39, 0.29) is 12.2 Å². The van der Waals surface area contributed by atoms with Crippen LogP contribution in [-0.2, 0) is 9.47 Å². The SMILES string of the molecule is Cc1cccc(C(CNC(C)C)OCC2CCCO2)c1. The van der Waals surface area contributed by atoms with Gasteiger partial charge in [-0.25, -0.2) is 0 Å². The van der Waals surface area contributed by atoms with Crippen LogP contribution in [0, 0.1) is 6.92 Å². The fraction of sp³-hybridized carbons (Fsp3) is 0.647. The second-order valence-electron chi connectivity index (χ2n) is 5.93. The molecule has 0 bridgehead atoms. The Kier molecular flexibility index (Phi) is 6.02. The number of aryl methyl sites for hydroxylation is 1. The van der Waals surface area contributed by atoms with Crippen LogP contribution in [0.5, 0.6) is 0 Å². The summed E-state index contributed by atoms with van der Waals surface area (Å²) >= 11 is 0. The molecule has 1 N–H and O–H groups in total. The van der Waals surface area contributed by atoms with Crippen LogP contribution in [0.4, 0.5) is 0 Å². The van der Waals surface area contributed by atoms with Gasteiger partial charge in [-0.05, 0) is 25.3 Å². The number of rotatable bonds is 7. The standard InChI is InChI=1S/C17H27NO2/c1-13(2)18-11-17(15-7-4-6-14(3)10-15)20-12-16-8-5-9-19-16/h4,6-7,10,13,16-18H,5,8-9,11-12H2,1-3H3. The lowest BCUT2D eigenvalue weighted by Gasteiger charge is -2.22. The van der Waals surface area contributed by atoms with E-state index in [9.17, 15) is 0 Å². The normalized spacial score (nSPS) is 20.5. The van der Waals surface area contributed by atoms with Gasteiger partial charge in [0.2, 0.25) is 0 Å². The zero-order valence-corrected chi connectivity index (χ0v) is 12.9. The highest BCUT2D eigenvalue weighted by Crippen LogP contribution is 2.21. The van der Waals surface area contributed by atoms with Crippen molar-refractivity contribution in [2.24, 2.45) is 0 Å². The highest BCUT2D eigenvalue weighted by Gasteiger charge is 2.19. The number of nitrogens with one attached hydrogen (secondary N) is 1. The zero-order valence-electron chi connectivity index (χ0n) is 12.9. The first-order valence-corrected chi connectivity index (χ1v) is 7.68. The van der Waals surface area contributed by atoms with E-state index in [1.165, 1.54) is 11.1 Å². The van der Waals surface area contributed by atoms with Gasteiger partial charge in [0, 0.05) is 19.2 Å². The molecule has 0 radical (unpaired) electrons. The maximum Gasteiger partial charge on any atom is 0.0950 e. The van der Waals surface area contributed by atoms with Crippen molar-refractivity contribution >= 4 is 0 Å². The molecule has 2 rings (SSSR count). The fourth-order valence-electron chi connectivity index (χ4n) is 2.49. The van der Waals surface area contributed by atoms with Crippen LogP contribution < -0.4 is 5.32 Å². The van der Waals surface area contributed by atoms with E-state index >= 15 is 0 Å². The summed E-state index contributed by atoms with van der Waals surface area (Å²) in [7, 11) is 0. The highest BCUT2D eigenvalue weighted by molar-refractivity contribution is 5.24. The van der Waals surface area contributed by atoms with Crippen LogP contribution >= 0.6 is 0 Å². The minimum Gasteiger partial charge on any atom is -0.376 e. The Morgan fingerprint density at radius 2 is 2.25 bits per heavy atom. The van der Waals surface area contributed by atoms with Crippen molar-refractivity contribution in [3.8, 4) is 0 Å². The van der Waals surface area contributed by atoms with E-state index in [2.05, 4.69) is 50.4 Å². The van der Waals surface area contributed by atoms with Crippen LogP contribution in [-0.4, -0.2) is 31.9 Å². The molecule has 0 amide bonds. The molecule has 1 aliphatic rings. The molecule has 1 saturated heterocycles. The third-order valence-electron chi connectivity index (χ3n) is 3.63. The second kappa shape index (κ2) is 7.77. The lowest BCUT2D eigenvalue weighted by atomic mass is 10.1. The molecule has 2 unspecified atom stereocenters. The van der Waals surface area contributed by atoms with Crippen molar-refractivity contribution in [3.63, 3.8) is 0 Å². The fourth-order valence-corrected chi connectivity index (χ4v) is 2.49. The Morgan fingerprint density at radius 1 is 1.40 bits per heavy atom. The van der Waals surface area contributed by atoms with Crippen LogP contribution in [0.1, 0.15) is 43.9 Å². The molecule has 0 saturated carbocycles. The van der Waals surface area contributed by atoms with Gasteiger partial charge in [-0.15, -0.1) is 0 Å². The quantitative estimate of drug-likeness (QED) is 0.830. The molecule has 0 aliphatic carbocycles. The van der Waals surface area contributed by atoms with Gasteiger partial charge < -0.3 is 14.8 Å². The summed E-state index contributed by atoms with van der Waals surface area (Å²) < 4.78 is 11.8. The first-order valence-electron chi connectivity index (χ1n) is 7.68. The van der Waals surface area contributed by atoms with Crippen LogP contribution in [0.15, 0.2) is 24.3 Å². The van der Waals surface area contributed by atoms with Crippen molar-refractivity contribution in [3.05, 3.63) is 35.4 Å². The molecule has 1 heterocycles. The van der Waals surface area contributed by atoms with Crippen molar-refractivity contribution in [1.82, 2.24) is 5.32 Å². The van der Waals surface area contributed by atoms with Crippen molar-refractivity contribution in [2.75, 3.05) is 19.8 Å². The molecule has 1 aromatic rings. The molecule has 0 spiro atoms. The highest BCUT2D eigenvalue weighted by atomic mass is 16.5. The summed E-state index contributed by atoms with van der Waals surface area (Å²) in [6.07, 6.45) is 2.66. The van der Waals surface area contributed by atoms with Crippen LogP contribution in [0.3, 0.4) is 0 Å². The Morgan fingerprint density at radius 3 is 2.90 bits per heavy atom. The van der Waals surface area contributed by atoms with Crippen molar-refractivity contribution < 1.29 is 9.47 Å². The van der Waals surface area contributed by atoms with E-state index in [0.29, 0.717) is 12.6 Å². The molecule has 112 valence electrons. The molecule has 1 aliphatic heterocycles. The Labute approximate surface area is 122 Å². The predicted molar refractivity (Wildman–Crippen MR) is 82.0 cm³/mol. The van der Waals surface area contributed by atoms with Crippen molar-refractivity contribution in [2.45, 2.75) is 51.9 Å². The predicted octanol–water partition coefficient (Wildman–Crippen LogP) is 3.23. The topological polar surface area (TPSA) is 30.5 Å². The Bertz CT molecular complexity index is 400. The summed E-state index contributed by atoms with van der Waals surface area (Å²) in [5, 5.41) is 3.47. The van der Waals surface area contributed by atoms with Crippen LogP contribution in [0.2, 0.25) is 0 Å². The van der Waals surface area contributed by atoms with Gasteiger partial charge >= 0.3 is 0 Å². The summed E-state index contributed by atoms with van der Waals surface area (Å²) in [6.45, 7) is 8.86. The molecule has 1 fully saturated rings. The van der Waals surface area contributed by atoms with Gasteiger partial charge in [-0.1, -0.05) is 43.7 Å². The largest absolute Gasteiger partial charge is 0.376 e. The number of hydrogen-bond donors (Lipinski definition) is 1. The lowest BCUT2D eigenvalue weighted by molar-refractivity contribution is -0.0215. The summed E-state index contributed by atoms with van der Waals surface area (Å²) in [5.74, 6) is 0. The number of ether oxygens (including phenoxy) is 2. The average Bonchev–Trinajstić information content (AvgIpc) is 2.91. The summed E-state index contributed by atoms with van der Waals surface area (Å²) in [4.78, 5) is 0. The van der Waals surface area contributed by atoms with E-state index in [4.69, 9.17) is 9.47 Å². The molecular formula is C17H27NO2. The molecule has 3 heteroatoms. The molecule has 0 aromatic heterocycles. The van der Waals surface area contributed by atoms with E-state index in [0.717, 1.165) is 26.0 Å². The lowest BCUT2D eigenvalue weighted by Crippen LogP contribution is -2.30. The van der Waals surface area contributed by atoms with Gasteiger partial charge in [0.25, 0.3) is 0 Å².